The monoisotopic (exact) mass is 219 g/mol. The summed E-state index contributed by atoms with van der Waals surface area (Å²) in [5.41, 5.74) is 0.957. The molecule has 1 aliphatic heterocycles. The van der Waals surface area contributed by atoms with Gasteiger partial charge in [0.25, 0.3) is 0 Å². The number of ketones is 1. The van der Waals surface area contributed by atoms with E-state index >= 15 is 0 Å². The fourth-order valence-electron chi connectivity index (χ4n) is 2.24. The molecule has 1 aromatic carbocycles. The summed E-state index contributed by atoms with van der Waals surface area (Å²) in [6.45, 7) is 4.69. The van der Waals surface area contributed by atoms with Crippen LogP contribution in [-0.2, 0) is 4.79 Å². The Morgan fingerprint density at radius 2 is 2.12 bits per heavy atom. The molecule has 0 spiro atoms. The van der Waals surface area contributed by atoms with Gasteiger partial charge in [0.05, 0.1) is 13.7 Å². The highest BCUT2D eigenvalue weighted by Gasteiger charge is 2.37. The van der Waals surface area contributed by atoms with E-state index in [-0.39, 0.29) is 5.54 Å². The van der Waals surface area contributed by atoms with Crippen LogP contribution in [0.5, 0.6) is 5.75 Å². The SMILES string of the molecule is COc1cccc(N2CC(=O)CC2(C)C)c1. The van der Waals surface area contributed by atoms with E-state index in [1.165, 1.54) is 0 Å². The molecule has 0 aliphatic carbocycles. The average molecular weight is 219 g/mol. The number of ether oxygens (including phenoxy) is 1. The predicted octanol–water partition coefficient (Wildman–Crippen LogP) is 2.25. The lowest BCUT2D eigenvalue weighted by Gasteiger charge is -2.32. The minimum absolute atomic E-state index is 0.0938. The predicted molar refractivity (Wildman–Crippen MR) is 64.0 cm³/mol. The highest BCUT2D eigenvalue weighted by molar-refractivity contribution is 5.89. The standard InChI is InChI=1S/C13H17NO2/c1-13(2)8-11(15)9-14(13)10-5-4-6-12(7-10)16-3/h4-7H,8-9H2,1-3H3. The Labute approximate surface area is 96.0 Å². The molecule has 2 rings (SSSR count). The van der Waals surface area contributed by atoms with Crippen molar-refractivity contribution in [2.45, 2.75) is 25.8 Å². The van der Waals surface area contributed by atoms with Crippen molar-refractivity contribution in [3.63, 3.8) is 0 Å². The molecule has 1 fully saturated rings. The van der Waals surface area contributed by atoms with Crippen LogP contribution in [0.1, 0.15) is 20.3 Å². The van der Waals surface area contributed by atoms with Gasteiger partial charge in [-0.3, -0.25) is 4.79 Å². The van der Waals surface area contributed by atoms with Gasteiger partial charge in [-0.25, -0.2) is 0 Å². The van der Waals surface area contributed by atoms with Crippen LogP contribution in [0, 0.1) is 0 Å². The molecule has 3 nitrogen and oxygen atoms in total. The second kappa shape index (κ2) is 3.81. The number of rotatable bonds is 2. The lowest BCUT2D eigenvalue weighted by Crippen LogP contribution is -2.38. The summed E-state index contributed by atoms with van der Waals surface area (Å²) in [4.78, 5) is 13.7. The number of hydrogen-bond donors (Lipinski definition) is 0. The summed E-state index contributed by atoms with van der Waals surface area (Å²) < 4.78 is 5.20. The van der Waals surface area contributed by atoms with E-state index in [0.717, 1.165) is 11.4 Å². The van der Waals surface area contributed by atoms with Gasteiger partial charge in [0.1, 0.15) is 5.75 Å². The van der Waals surface area contributed by atoms with Crippen LogP contribution in [0.15, 0.2) is 24.3 Å². The topological polar surface area (TPSA) is 29.5 Å². The number of hydrogen-bond acceptors (Lipinski definition) is 3. The summed E-state index contributed by atoms with van der Waals surface area (Å²) in [6, 6.07) is 7.85. The molecule has 0 atom stereocenters. The molecular formula is C13H17NO2. The normalized spacial score (nSPS) is 18.9. The Bertz CT molecular complexity index is 412. The van der Waals surface area contributed by atoms with Gasteiger partial charge in [0.15, 0.2) is 5.78 Å². The van der Waals surface area contributed by atoms with Crippen molar-refractivity contribution in [3.8, 4) is 5.75 Å². The maximum atomic E-state index is 11.5. The van der Waals surface area contributed by atoms with Crippen LogP contribution < -0.4 is 9.64 Å². The van der Waals surface area contributed by atoms with E-state index in [4.69, 9.17) is 4.74 Å². The number of methoxy groups -OCH3 is 1. The molecule has 0 saturated carbocycles. The maximum absolute atomic E-state index is 11.5. The molecule has 86 valence electrons. The molecule has 0 unspecified atom stereocenters. The number of carbonyl (C=O) groups is 1. The molecule has 1 saturated heterocycles. The van der Waals surface area contributed by atoms with Crippen molar-refractivity contribution < 1.29 is 9.53 Å². The van der Waals surface area contributed by atoms with Crippen molar-refractivity contribution in [1.29, 1.82) is 0 Å². The van der Waals surface area contributed by atoms with Crippen LogP contribution in [0.2, 0.25) is 0 Å². The highest BCUT2D eigenvalue weighted by atomic mass is 16.5. The number of benzene rings is 1. The minimum Gasteiger partial charge on any atom is -0.497 e. The molecular weight excluding hydrogens is 202 g/mol. The summed E-state index contributed by atoms with van der Waals surface area (Å²) in [6.07, 6.45) is 0.615. The quantitative estimate of drug-likeness (QED) is 0.764. The number of anilines is 1. The second-order valence-electron chi connectivity index (χ2n) is 4.82. The van der Waals surface area contributed by atoms with Gasteiger partial charge in [-0.15, -0.1) is 0 Å². The van der Waals surface area contributed by atoms with Gasteiger partial charge in [0, 0.05) is 23.7 Å². The van der Waals surface area contributed by atoms with Crippen molar-refractivity contribution in [2.24, 2.45) is 0 Å². The lowest BCUT2D eigenvalue weighted by atomic mass is 10.0. The fourth-order valence-corrected chi connectivity index (χ4v) is 2.24. The summed E-state index contributed by atoms with van der Waals surface area (Å²) in [5.74, 6) is 1.13. The molecule has 0 aromatic heterocycles. The number of carbonyl (C=O) groups excluding carboxylic acids is 1. The Morgan fingerprint density at radius 1 is 1.38 bits per heavy atom. The van der Waals surface area contributed by atoms with Crippen LogP contribution in [0.4, 0.5) is 5.69 Å². The van der Waals surface area contributed by atoms with Crippen LogP contribution in [-0.4, -0.2) is 25.0 Å². The van der Waals surface area contributed by atoms with Crippen LogP contribution >= 0.6 is 0 Å². The molecule has 0 bridgehead atoms. The summed E-state index contributed by atoms with van der Waals surface area (Å²) >= 11 is 0. The van der Waals surface area contributed by atoms with E-state index < -0.39 is 0 Å². The number of nitrogens with zero attached hydrogens (tertiary/aromatic N) is 1. The lowest BCUT2D eigenvalue weighted by molar-refractivity contribution is -0.116. The minimum atomic E-state index is -0.0938. The Morgan fingerprint density at radius 3 is 2.69 bits per heavy atom. The zero-order valence-electron chi connectivity index (χ0n) is 9.99. The second-order valence-corrected chi connectivity index (χ2v) is 4.82. The summed E-state index contributed by atoms with van der Waals surface area (Å²) in [7, 11) is 1.65. The third-order valence-electron chi connectivity index (χ3n) is 3.06. The molecule has 1 aliphatic rings. The third-order valence-corrected chi connectivity index (χ3v) is 3.06. The molecule has 0 N–H and O–H groups in total. The van der Waals surface area contributed by atoms with E-state index in [0.29, 0.717) is 18.7 Å². The fraction of sp³-hybridized carbons (Fsp3) is 0.462. The van der Waals surface area contributed by atoms with Crippen molar-refractivity contribution in [2.75, 3.05) is 18.6 Å². The van der Waals surface area contributed by atoms with Gasteiger partial charge in [-0.1, -0.05) is 6.07 Å². The van der Waals surface area contributed by atoms with Gasteiger partial charge >= 0.3 is 0 Å². The molecule has 0 radical (unpaired) electrons. The molecule has 0 amide bonds. The molecule has 1 aromatic rings. The molecule has 3 heteroatoms. The van der Waals surface area contributed by atoms with Crippen LogP contribution in [0.25, 0.3) is 0 Å². The largest absolute Gasteiger partial charge is 0.497 e. The Balaban J connectivity index is 2.33. The zero-order chi connectivity index (χ0) is 11.8. The van der Waals surface area contributed by atoms with E-state index in [1.807, 2.05) is 24.3 Å². The first-order chi connectivity index (χ1) is 7.53. The van der Waals surface area contributed by atoms with Gasteiger partial charge < -0.3 is 9.64 Å². The summed E-state index contributed by atoms with van der Waals surface area (Å²) in [5, 5.41) is 0. The van der Waals surface area contributed by atoms with Crippen molar-refractivity contribution >= 4 is 11.5 Å². The highest BCUT2D eigenvalue weighted by Crippen LogP contribution is 2.33. The zero-order valence-corrected chi connectivity index (χ0v) is 9.99. The Hall–Kier alpha value is -1.51. The first-order valence-corrected chi connectivity index (χ1v) is 5.46. The average Bonchev–Trinajstić information content (AvgIpc) is 2.52. The van der Waals surface area contributed by atoms with Gasteiger partial charge in [0.2, 0.25) is 0 Å². The maximum Gasteiger partial charge on any atom is 0.154 e. The first kappa shape index (κ1) is 11.0. The smallest absolute Gasteiger partial charge is 0.154 e. The third kappa shape index (κ3) is 1.90. The Kier molecular flexibility index (Phi) is 2.62. The van der Waals surface area contributed by atoms with E-state index in [1.54, 1.807) is 7.11 Å². The number of Topliss-reactive ketones (excluding diaryl/α,β-unsaturated/α-hetero) is 1. The van der Waals surface area contributed by atoms with Crippen molar-refractivity contribution in [1.82, 2.24) is 0 Å². The van der Waals surface area contributed by atoms with Gasteiger partial charge in [-0.05, 0) is 26.0 Å². The van der Waals surface area contributed by atoms with Gasteiger partial charge in [-0.2, -0.15) is 0 Å². The van der Waals surface area contributed by atoms with E-state index in [2.05, 4.69) is 18.7 Å². The molecule has 1 heterocycles. The first-order valence-electron chi connectivity index (χ1n) is 5.46. The van der Waals surface area contributed by atoms with Crippen molar-refractivity contribution in [3.05, 3.63) is 24.3 Å². The molecule has 16 heavy (non-hydrogen) atoms. The van der Waals surface area contributed by atoms with Crippen LogP contribution in [0.3, 0.4) is 0 Å². The van der Waals surface area contributed by atoms with E-state index in [9.17, 15) is 4.79 Å².